The fraction of sp³-hybridized carbons (Fsp3) is 0.0714. The van der Waals surface area contributed by atoms with Crippen molar-refractivity contribution in [1.29, 1.82) is 5.26 Å². The van der Waals surface area contributed by atoms with E-state index in [0.29, 0.717) is 17.1 Å². The molecule has 0 atom stereocenters. The van der Waals surface area contributed by atoms with E-state index in [1.54, 1.807) is 13.0 Å². The maximum Gasteiger partial charge on any atom is 0.261 e. The van der Waals surface area contributed by atoms with Crippen molar-refractivity contribution in [3.05, 3.63) is 57.5 Å². The summed E-state index contributed by atoms with van der Waals surface area (Å²) >= 11 is 0. The van der Waals surface area contributed by atoms with Gasteiger partial charge in [-0.15, -0.1) is 0 Å². The lowest BCUT2D eigenvalue weighted by atomic mass is 10.1. The number of amides is 1. The van der Waals surface area contributed by atoms with Crippen LogP contribution >= 0.6 is 0 Å². The molecule has 0 spiro atoms. The zero-order valence-corrected chi connectivity index (χ0v) is 10.7. The second kappa shape index (κ2) is 5.28. The Morgan fingerprint density at radius 3 is 2.80 bits per heavy atom. The maximum atomic E-state index is 12.0. The van der Waals surface area contributed by atoms with Crippen molar-refractivity contribution in [2.45, 2.75) is 6.92 Å². The summed E-state index contributed by atoms with van der Waals surface area (Å²) in [5, 5.41) is 11.5. The molecule has 6 nitrogen and oxygen atoms in total. The number of benzene rings is 1. The molecular weight excluding hydrogens is 256 g/mol. The second-order valence-corrected chi connectivity index (χ2v) is 4.26. The second-order valence-electron chi connectivity index (χ2n) is 4.26. The average molecular weight is 268 g/mol. The van der Waals surface area contributed by atoms with E-state index in [9.17, 15) is 9.59 Å². The molecule has 0 saturated carbocycles. The Morgan fingerprint density at radius 2 is 2.15 bits per heavy atom. The Morgan fingerprint density at radius 1 is 1.40 bits per heavy atom. The molecule has 0 fully saturated rings. The minimum Gasteiger partial charge on any atom is -0.399 e. The van der Waals surface area contributed by atoms with Crippen LogP contribution in [-0.4, -0.2) is 10.9 Å². The molecule has 0 saturated heterocycles. The van der Waals surface area contributed by atoms with Gasteiger partial charge in [-0.1, -0.05) is 0 Å². The SMILES string of the molecule is Cc1cc(=O)c(C(=O)Nc2ccc(N)cc2C#N)c[nH]1. The standard InChI is InChI=1S/C14H12N4O2/c1-8-4-13(19)11(7-17-8)14(20)18-12-3-2-10(16)5-9(12)6-15/h2-5,7H,16H2,1H3,(H,17,19)(H,18,20). The van der Waals surface area contributed by atoms with E-state index < -0.39 is 5.91 Å². The highest BCUT2D eigenvalue weighted by atomic mass is 16.2. The molecule has 1 aromatic carbocycles. The smallest absolute Gasteiger partial charge is 0.261 e. The Bertz CT molecular complexity index is 771. The van der Waals surface area contributed by atoms with Crippen LogP contribution in [0.1, 0.15) is 21.6 Å². The third-order valence-corrected chi connectivity index (χ3v) is 2.71. The minimum atomic E-state index is -0.576. The van der Waals surface area contributed by atoms with Crippen molar-refractivity contribution in [3.8, 4) is 6.07 Å². The number of aromatic nitrogens is 1. The first-order valence-corrected chi connectivity index (χ1v) is 5.81. The number of nitrogens with two attached hydrogens (primary N) is 1. The van der Waals surface area contributed by atoms with Gasteiger partial charge in [0.2, 0.25) is 0 Å². The third-order valence-electron chi connectivity index (χ3n) is 2.71. The molecule has 6 heteroatoms. The van der Waals surface area contributed by atoms with Gasteiger partial charge in [-0.25, -0.2) is 0 Å². The summed E-state index contributed by atoms with van der Waals surface area (Å²) in [5.41, 5.74) is 6.80. The van der Waals surface area contributed by atoms with Gasteiger partial charge in [0.15, 0.2) is 5.43 Å². The van der Waals surface area contributed by atoms with Gasteiger partial charge < -0.3 is 16.0 Å². The molecule has 0 aliphatic rings. The molecule has 0 unspecified atom stereocenters. The summed E-state index contributed by atoms with van der Waals surface area (Å²) in [5.74, 6) is -0.576. The summed E-state index contributed by atoms with van der Waals surface area (Å²) in [6.45, 7) is 1.72. The van der Waals surface area contributed by atoms with Gasteiger partial charge in [0.25, 0.3) is 5.91 Å². The number of anilines is 2. The minimum absolute atomic E-state index is 0.0173. The zero-order valence-electron chi connectivity index (χ0n) is 10.7. The summed E-state index contributed by atoms with van der Waals surface area (Å²) in [6.07, 6.45) is 1.34. The van der Waals surface area contributed by atoms with E-state index >= 15 is 0 Å². The Hall–Kier alpha value is -3.07. The molecule has 0 aliphatic heterocycles. The molecule has 1 heterocycles. The van der Waals surface area contributed by atoms with E-state index in [0.717, 1.165) is 0 Å². The van der Waals surface area contributed by atoms with Crippen molar-refractivity contribution in [1.82, 2.24) is 4.98 Å². The number of pyridine rings is 1. The molecule has 0 radical (unpaired) electrons. The van der Waals surface area contributed by atoms with Crippen LogP contribution in [0.2, 0.25) is 0 Å². The van der Waals surface area contributed by atoms with E-state index in [-0.39, 0.29) is 16.6 Å². The zero-order chi connectivity index (χ0) is 14.7. The number of H-pyrrole nitrogens is 1. The summed E-state index contributed by atoms with van der Waals surface area (Å²) in [6, 6.07) is 7.81. The lowest BCUT2D eigenvalue weighted by molar-refractivity contribution is 0.102. The van der Waals surface area contributed by atoms with Crippen LogP contribution in [0.5, 0.6) is 0 Å². The number of hydrogen-bond donors (Lipinski definition) is 3. The number of nitrogens with zero attached hydrogens (tertiary/aromatic N) is 1. The fourth-order valence-corrected chi connectivity index (χ4v) is 1.70. The quantitative estimate of drug-likeness (QED) is 0.714. The average Bonchev–Trinajstić information content (AvgIpc) is 2.40. The molecule has 0 bridgehead atoms. The molecule has 4 N–H and O–H groups in total. The predicted molar refractivity (Wildman–Crippen MR) is 75.3 cm³/mol. The van der Waals surface area contributed by atoms with E-state index in [4.69, 9.17) is 11.0 Å². The number of aryl methyl sites for hydroxylation is 1. The monoisotopic (exact) mass is 268 g/mol. The largest absolute Gasteiger partial charge is 0.399 e. The first-order chi connectivity index (χ1) is 9.51. The van der Waals surface area contributed by atoms with Crippen LogP contribution in [0, 0.1) is 18.3 Å². The van der Waals surface area contributed by atoms with Gasteiger partial charge >= 0.3 is 0 Å². The van der Waals surface area contributed by atoms with Gasteiger partial charge in [-0.05, 0) is 25.1 Å². The first kappa shape index (κ1) is 13.4. The lowest BCUT2D eigenvalue weighted by Gasteiger charge is -2.07. The number of rotatable bonds is 2. The molecule has 20 heavy (non-hydrogen) atoms. The Labute approximate surface area is 114 Å². The van der Waals surface area contributed by atoms with Crippen molar-refractivity contribution < 1.29 is 4.79 Å². The number of aromatic amines is 1. The van der Waals surface area contributed by atoms with E-state index in [1.807, 2.05) is 6.07 Å². The molecule has 2 aromatic rings. The third kappa shape index (κ3) is 2.67. The summed E-state index contributed by atoms with van der Waals surface area (Å²) < 4.78 is 0. The van der Waals surface area contributed by atoms with Gasteiger partial charge in [0.05, 0.1) is 11.3 Å². The molecule has 2 rings (SSSR count). The first-order valence-electron chi connectivity index (χ1n) is 5.81. The van der Waals surface area contributed by atoms with Gasteiger partial charge in [0.1, 0.15) is 11.6 Å². The van der Waals surface area contributed by atoms with Crippen LogP contribution < -0.4 is 16.5 Å². The molecule has 1 amide bonds. The molecular formula is C14H12N4O2. The van der Waals surface area contributed by atoms with Crippen LogP contribution in [0.3, 0.4) is 0 Å². The highest BCUT2D eigenvalue weighted by Crippen LogP contribution is 2.18. The van der Waals surface area contributed by atoms with Crippen molar-refractivity contribution in [3.63, 3.8) is 0 Å². The van der Waals surface area contributed by atoms with Crippen LogP contribution in [-0.2, 0) is 0 Å². The number of nitriles is 1. The highest BCUT2D eigenvalue weighted by Gasteiger charge is 2.12. The van der Waals surface area contributed by atoms with Gasteiger partial charge in [-0.3, -0.25) is 9.59 Å². The normalized spacial score (nSPS) is 9.80. The van der Waals surface area contributed by atoms with Crippen molar-refractivity contribution in [2.75, 3.05) is 11.1 Å². The van der Waals surface area contributed by atoms with Crippen LogP contribution in [0.4, 0.5) is 11.4 Å². The fourth-order valence-electron chi connectivity index (χ4n) is 1.70. The van der Waals surface area contributed by atoms with E-state index in [2.05, 4.69) is 10.3 Å². The number of carbonyl (C=O) groups is 1. The number of nitrogen functional groups attached to an aromatic ring is 1. The highest BCUT2D eigenvalue weighted by molar-refractivity contribution is 6.04. The summed E-state index contributed by atoms with van der Waals surface area (Å²) in [4.78, 5) is 26.5. The summed E-state index contributed by atoms with van der Waals surface area (Å²) in [7, 11) is 0. The topological polar surface area (TPSA) is 112 Å². The Balaban J connectivity index is 2.33. The lowest BCUT2D eigenvalue weighted by Crippen LogP contribution is -2.22. The molecule has 0 aliphatic carbocycles. The van der Waals surface area contributed by atoms with Gasteiger partial charge in [0, 0.05) is 23.6 Å². The predicted octanol–water partition coefficient (Wildman–Crippen LogP) is 1.39. The van der Waals surface area contributed by atoms with Crippen molar-refractivity contribution >= 4 is 17.3 Å². The van der Waals surface area contributed by atoms with Crippen LogP contribution in [0.15, 0.2) is 35.3 Å². The van der Waals surface area contributed by atoms with Gasteiger partial charge in [-0.2, -0.15) is 5.26 Å². The number of hydrogen-bond acceptors (Lipinski definition) is 4. The molecule has 1 aromatic heterocycles. The number of carbonyl (C=O) groups excluding carboxylic acids is 1. The van der Waals surface area contributed by atoms with E-state index in [1.165, 1.54) is 24.4 Å². The maximum absolute atomic E-state index is 12.0. The van der Waals surface area contributed by atoms with Crippen molar-refractivity contribution in [2.24, 2.45) is 0 Å². The Kier molecular flexibility index (Phi) is 3.53. The number of nitrogens with one attached hydrogen (secondary N) is 2. The molecule has 100 valence electrons. The van der Waals surface area contributed by atoms with Crippen LogP contribution in [0.25, 0.3) is 0 Å².